The van der Waals surface area contributed by atoms with Gasteiger partial charge in [-0.25, -0.2) is 0 Å². The van der Waals surface area contributed by atoms with Crippen molar-refractivity contribution in [3.63, 3.8) is 0 Å². The maximum atomic E-state index is 12.7. The van der Waals surface area contributed by atoms with Crippen LogP contribution in [0.5, 0.6) is 0 Å². The first-order valence-corrected chi connectivity index (χ1v) is 24.2. The summed E-state index contributed by atoms with van der Waals surface area (Å²) in [6, 6.07) is -0.724. The minimum atomic E-state index is -1.12. The first-order valence-electron chi connectivity index (χ1n) is 24.2. The lowest BCUT2D eigenvalue weighted by Gasteiger charge is -2.34. The highest BCUT2D eigenvalue weighted by atomic mass is 16.6. The van der Waals surface area contributed by atoms with Crippen LogP contribution >= 0.6 is 0 Å². The second kappa shape index (κ2) is 40.8. The largest absolute Gasteiger partial charge is 0.544 e. The summed E-state index contributed by atoms with van der Waals surface area (Å²) in [6.45, 7) is 4.68. The SMILES string of the molecule is CCCCCCCCC/C=C/CCCCCC(=O)OC(COCCC(C(=O)[O-])[N+](C)(C)C)COC(=O)CCCCCCCCCCCCCCCCCCCCC. The van der Waals surface area contributed by atoms with Gasteiger partial charge >= 0.3 is 11.9 Å². The van der Waals surface area contributed by atoms with Crippen LogP contribution in [0.4, 0.5) is 0 Å². The van der Waals surface area contributed by atoms with Crippen molar-refractivity contribution < 1.29 is 38.2 Å². The van der Waals surface area contributed by atoms with Crippen LogP contribution in [0, 0.1) is 0 Å². The topological polar surface area (TPSA) is 102 Å². The molecular formula is C49H93NO7. The Hall–Kier alpha value is -1.93. The Morgan fingerprint density at radius 2 is 0.877 bits per heavy atom. The molecule has 57 heavy (non-hydrogen) atoms. The molecule has 0 fully saturated rings. The summed E-state index contributed by atoms with van der Waals surface area (Å²) in [5, 5.41) is 11.6. The molecule has 0 saturated heterocycles. The summed E-state index contributed by atoms with van der Waals surface area (Å²) in [5.41, 5.74) is 0. The molecule has 336 valence electrons. The quantitative estimate of drug-likeness (QED) is 0.0261. The monoisotopic (exact) mass is 808 g/mol. The molecule has 2 unspecified atom stereocenters. The van der Waals surface area contributed by atoms with Crippen LogP contribution < -0.4 is 5.11 Å². The van der Waals surface area contributed by atoms with Crippen molar-refractivity contribution in [3.05, 3.63) is 12.2 Å². The number of carboxylic acid groups (broad SMARTS) is 1. The summed E-state index contributed by atoms with van der Waals surface area (Å²) in [6.07, 6.45) is 43.8. The van der Waals surface area contributed by atoms with Crippen LogP contribution in [0.25, 0.3) is 0 Å². The number of aliphatic carboxylic acids is 1. The van der Waals surface area contributed by atoms with Gasteiger partial charge in [0.25, 0.3) is 0 Å². The van der Waals surface area contributed by atoms with Gasteiger partial charge in [-0.1, -0.05) is 187 Å². The van der Waals surface area contributed by atoms with Gasteiger partial charge in [0.1, 0.15) is 12.6 Å². The number of likely N-dealkylation sites (N-methyl/N-ethyl adjacent to an activating group) is 1. The van der Waals surface area contributed by atoms with Gasteiger partial charge in [-0.05, 0) is 38.5 Å². The lowest BCUT2D eigenvalue weighted by Crippen LogP contribution is -2.55. The molecule has 0 amide bonds. The Morgan fingerprint density at radius 3 is 1.28 bits per heavy atom. The van der Waals surface area contributed by atoms with Crippen molar-refractivity contribution in [1.82, 2.24) is 0 Å². The molecular weight excluding hydrogens is 715 g/mol. The molecule has 0 aliphatic carbocycles. The van der Waals surface area contributed by atoms with Crippen molar-refractivity contribution in [2.24, 2.45) is 0 Å². The Labute approximate surface area is 352 Å². The molecule has 0 N–H and O–H groups in total. The van der Waals surface area contributed by atoms with Crippen LogP contribution in [-0.4, -0.2) is 75.5 Å². The number of carbonyl (C=O) groups is 3. The highest BCUT2D eigenvalue weighted by molar-refractivity contribution is 5.70. The smallest absolute Gasteiger partial charge is 0.306 e. The van der Waals surface area contributed by atoms with Gasteiger partial charge in [0.2, 0.25) is 0 Å². The number of hydrogen-bond donors (Lipinski definition) is 0. The molecule has 0 aliphatic rings. The van der Waals surface area contributed by atoms with Crippen molar-refractivity contribution in [1.29, 1.82) is 0 Å². The first kappa shape index (κ1) is 55.1. The number of allylic oxidation sites excluding steroid dienone is 2. The van der Waals surface area contributed by atoms with Crippen LogP contribution in [-0.2, 0) is 28.6 Å². The number of hydrogen-bond acceptors (Lipinski definition) is 7. The average molecular weight is 808 g/mol. The number of unbranched alkanes of at least 4 members (excludes halogenated alkanes) is 28. The van der Waals surface area contributed by atoms with Crippen molar-refractivity contribution in [3.8, 4) is 0 Å². The summed E-state index contributed by atoms with van der Waals surface area (Å²) >= 11 is 0. The van der Waals surface area contributed by atoms with E-state index < -0.39 is 18.1 Å². The Balaban J connectivity index is 4.24. The predicted molar refractivity (Wildman–Crippen MR) is 236 cm³/mol. The van der Waals surface area contributed by atoms with E-state index in [1.54, 1.807) is 21.1 Å². The second-order valence-corrected chi connectivity index (χ2v) is 17.7. The molecule has 0 aromatic heterocycles. The van der Waals surface area contributed by atoms with Gasteiger partial charge in [0.05, 0.1) is 40.3 Å². The molecule has 0 saturated carbocycles. The van der Waals surface area contributed by atoms with Gasteiger partial charge in [0, 0.05) is 19.3 Å². The zero-order valence-electron chi connectivity index (χ0n) is 38.3. The number of esters is 2. The summed E-state index contributed by atoms with van der Waals surface area (Å²) in [5.74, 6) is -1.74. The Bertz CT molecular complexity index is 947. The van der Waals surface area contributed by atoms with E-state index in [9.17, 15) is 19.5 Å². The molecule has 0 rings (SSSR count). The first-order chi connectivity index (χ1) is 27.6. The summed E-state index contributed by atoms with van der Waals surface area (Å²) < 4.78 is 17.2. The summed E-state index contributed by atoms with van der Waals surface area (Å²) in [4.78, 5) is 36.9. The third-order valence-electron chi connectivity index (χ3n) is 11.2. The highest BCUT2D eigenvalue weighted by Crippen LogP contribution is 2.16. The van der Waals surface area contributed by atoms with Crippen molar-refractivity contribution in [2.45, 2.75) is 244 Å². The molecule has 0 heterocycles. The third-order valence-corrected chi connectivity index (χ3v) is 11.2. The van der Waals surface area contributed by atoms with Gasteiger partial charge in [-0.2, -0.15) is 0 Å². The van der Waals surface area contributed by atoms with Crippen LogP contribution in [0.15, 0.2) is 12.2 Å². The Morgan fingerprint density at radius 1 is 0.509 bits per heavy atom. The molecule has 2 atom stereocenters. The maximum absolute atomic E-state index is 12.7. The fourth-order valence-corrected chi connectivity index (χ4v) is 7.36. The van der Waals surface area contributed by atoms with E-state index in [2.05, 4.69) is 26.0 Å². The molecule has 0 bridgehead atoms. The molecule has 8 heteroatoms. The number of carbonyl (C=O) groups excluding carboxylic acids is 3. The number of rotatable bonds is 44. The van der Waals surface area contributed by atoms with E-state index in [1.807, 2.05) is 0 Å². The number of carboxylic acids is 1. The van der Waals surface area contributed by atoms with E-state index in [4.69, 9.17) is 14.2 Å². The van der Waals surface area contributed by atoms with Crippen LogP contribution in [0.1, 0.15) is 232 Å². The van der Waals surface area contributed by atoms with E-state index >= 15 is 0 Å². The van der Waals surface area contributed by atoms with E-state index in [-0.39, 0.29) is 42.7 Å². The standard InChI is InChI=1S/C49H93NO7/c1-6-8-10-12-14-16-18-20-22-23-24-25-26-28-29-31-33-35-37-39-47(51)56-44-45(43-55-42-41-46(49(53)54)50(3,4)5)57-48(52)40-38-36-34-32-30-27-21-19-17-15-13-11-9-7-2/h27,30,45-46H,6-26,28-29,31-44H2,1-5H3/b30-27+. The van der Waals surface area contributed by atoms with Gasteiger partial charge in [-0.3, -0.25) is 9.59 Å². The third kappa shape index (κ3) is 39.3. The molecule has 0 radical (unpaired) electrons. The van der Waals surface area contributed by atoms with Crippen LogP contribution in [0.2, 0.25) is 0 Å². The molecule has 0 spiro atoms. The van der Waals surface area contributed by atoms with Gasteiger partial charge < -0.3 is 28.6 Å². The zero-order valence-corrected chi connectivity index (χ0v) is 38.3. The maximum Gasteiger partial charge on any atom is 0.306 e. The Kier molecular flexibility index (Phi) is 39.4. The van der Waals surface area contributed by atoms with E-state index in [0.717, 1.165) is 51.4 Å². The predicted octanol–water partition coefficient (Wildman–Crippen LogP) is 12.1. The van der Waals surface area contributed by atoms with E-state index in [0.29, 0.717) is 12.8 Å². The fraction of sp³-hybridized carbons (Fsp3) is 0.898. The highest BCUT2D eigenvalue weighted by Gasteiger charge is 2.25. The van der Waals surface area contributed by atoms with Crippen molar-refractivity contribution in [2.75, 3.05) is 41.0 Å². The van der Waals surface area contributed by atoms with E-state index in [1.165, 1.54) is 148 Å². The number of ether oxygens (including phenoxy) is 3. The minimum Gasteiger partial charge on any atom is -0.544 e. The van der Waals surface area contributed by atoms with Gasteiger partial charge in [-0.15, -0.1) is 0 Å². The number of nitrogens with zero attached hydrogens (tertiary/aromatic N) is 1. The minimum absolute atomic E-state index is 0.0404. The van der Waals surface area contributed by atoms with Crippen molar-refractivity contribution >= 4 is 17.9 Å². The zero-order chi connectivity index (χ0) is 42.1. The van der Waals surface area contributed by atoms with Gasteiger partial charge in [0.15, 0.2) is 6.10 Å². The second-order valence-electron chi connectivity index (χ2n) is 17.7. The molecule has 8 nitrogen and oxygen atoms in total. The average Bonchev–Trinajstić information content (AvgIpc) is 3.17. The summed E-state index contributed by atoms with van der Waals surface area (Å²) in [7, 11) is 5.41. The lowest BCUT2D eigenvalue weighted by molar-refractivity contribution is -0.889. The normalized spacial score (nSPS) is 12.9. The fourth-order valence-electron chi connectivity index (χ4n) is 7.36. The molecule has 0 aromatic rings. The molecule has 0 aliphatic heterocycles. The number of quaternary nitrogens is 1. The van der Waals surface area contributed by atoms with Crippen LogP contribution in [0.3, 0.4) is 0 Å². The molecule has 0 aromatic carbocycles. The lowest BCUT2D eigenvalue weighted by atomic mass is 10.0.